The molecule has 24 atom stereocenters. The second-order valence-electron chi connectivity index (χ2n) is 41.6. The summed E-state index contributed by atoms with van der Waals surface area (Å²) in [6.07, 6.45) is 59.2. The van der Waals surface area contributed by atoms with Gasteiger partial charge in [-0.3, -0.25) is 39.1 Å². The van der Waals surface area contributed by atoms with Crippen molar-refractivity contribution in [3.05, 3.63) is 143 Å². The maximum Gasteiger partial charge on any atom is 0.220 e. The molecule has 12 aliphatic carbocycles. The van der Waals surface area contributed by atoms with Crippen LogP contribution in [0, 0.1) is 159 Å². The smallest absolute Gasteiger partial charge is 0.220 e. The van der Waals surface area contributed by atoms with E-state index < -0.39 is 0 Å². The number of rotatable bonds is 4. The molecule has 20 rings (SSSR count). The quantitative estimate of drug-likeness (QED) is 0.157. The van der Waals surface area contributed by atoms with Crippen molar-refractivity contribution in [2.24, 2.45) is 138 Å². The van der Waals surface area contributed by atoms with Gasteiger partial charge in [0, 0.05) is 101 Å². The molecule has 12 heteroatoms. The number of amides is 4. The van der Waals surface area contributed by atoms with Crippen molar-refractivity contribution in [2.45, 2.75) is 256 Å². The molecule has 111 heavy (non-hydrogen) atoms. The molecular formula is C99H134N8O4. The second-order valence-corrected chi connectivity index (χ2v) is 41.6. The van der Waals surface area contributed by atoms with E-state index in [1.54, 1.807) is 22.3 Å². The van der Waals surface area contributed by atoms with E-state index in [0.717, 1.165) is 149 Å². The van der Waals surface area contributed by atoms with E-state index in [2.05, 4.69) is 191 Å². The molecule has 0 radical (unpaired) electrons. The summed E-state index contributed by atoms with van der Waals surface area (Å²) in [4.78, 5) is 66.4. The zero-order chi connectivity index (χ0) is 77.2. The van der Waals surface area contributed by atoms with E-state index >= 15 is 0 Å². The van der Waals surface area contributed by atoms with Crippen LogP contribution in [0.2, 0.25) is 0 Å². The molecule has 4 N–H and O–H groups in total. The van der Waals surface area contributed by atoms with Gasteiger partial charge in [0.25, 0.3) is 0 Å². The summed E-state index contributed by atoms with van der Waals surface area (Å²) < 4.78 is 0. The van der Waals surface area contributed by atoms with Crippen LogP contribution in [0.5, 0.6) is 0 Å². The van der Waals surface area contributed by atoms with Gasteiger partial charge in [0.1, 0.15) is 0 Å². The highest BCUT2D eigenvalue weighted by Crippen LogP contribution is 2.72. The Kier molecular flexibility index (Phi) is 20.6. The molecular weight excluding hydrogens is 1370 g/mol. The molecule has 594 valence electrons. The zero-order valence-electron chi connectivity index (χ0n) is 69.6. The van der Waals surface area contributed by atoms with Crippen LogP contribution in [0.25, 0.3) is 22.3 Å². The molecule has 4 aliphatic heterocycles. The van der Waals surface area contributed by atoms with E-state index in [0.29, 0.717) is 67.0 Å². The molecule has 12 nitrogen and oxygen atoms in total. The number of hydrogen-bond donors (Lipinski definition) is 4. The van der Waals surface area contributed by atoms with Crippen LogP contribution in [0.3, 0.4) is 0 Å². The number of hydrogen-bond acceptors (Lipinski definition) is 8. The molecule has 16 aliphatic rings. The fourth-order valence-corrected chi connectivity index (χ4v) is 30.7. The summed E-state index contributed by atoms with van der Waals surface area (Å²) in [6.45, 7) is 30.1. The van der Waals surface area contributed by atoms with Gasteiger partial charge < -0.3 is 21.3 Å². The predicted octanol–water partition coefficient (Wildman–Crippen LogP) is 20.3. The number of nitrogens with zero attached hydrogens (tertiary/aromatic N) is 4. The summed E-state index contributed by atoms with van der Waals surface area (Å²) in [5.74, 6) is 12.9. The minimum atomic E-state index is 0.268. The monoisotopic (exact) mass is 1500 g/mol. The molecule has 8 saturated carbocycles. The number of allylic oxidation sites excluding steroid dienone is 8. The number of carbonyl (C=O) groups excluding carboxylic acids is 4. The van der Waals surface area contributed by atoms with Crippen LogP contribution < -0.4 is 21.3 Å². The molecule has 4 saturated heterocycles. The number of carbonyl (C=O) groups is 4. The van der Waals surface area contributed by atoms with Crippen molar-refractivity contribution in [3.63, 3.8) is 0 Å². The van der Waals surface area contributed by atoms with Gasteiger partial charge in [-0.1, -0.05) is 85.8 Å². The van der Waals surface area contributed by atoms with Gasteiger partial charge in [0.05, 0.1) is 0 Å². The van der Waals surface area contributed by atoms with Gasteiger partial charge in [0.2, 0.25) is 23.6 Å². The lowest BCUT2D eigenvalue weighted by Gasteiger charge is -2.58. The van der Waals surface area contributed by atoms with E-state index in [4.69, 9.17) is 0 Å². The second kappa shape index (κ2) is 29.6. The lowest BCUT2D eigenvalue weighted by Crippen LogP contribution is -2.52. The average Bonchev–Trinajstić information content (AvgIpc) is 1.67. The Morgan fingerprint density at radius 2 is 0.640 bits per heavy atom. The Balaban J connectivity index is 0.000000108. The fourth-order valence-electron chi connectivity index (χ4n) is 30.7. The normalized spacial score (nSPS) is 42.8. The SMILES string of the molecule is C[C@]12CCNC(=O)C[C@@H]1CC[C@@H]1[C@@H]2CC[C@]2(C)C(c3cccnc3)=CC[C@@H]12.Cc1cncc(C2=CC[C@H]3[C@@H]4CC[C@H]5CC(=O)NCC[C@]5(C)[C@H]4CC[C@]23C)c1.Cc1cncc(C2=CC[C@H]3[C@@H]4CC[C@H]5CC(=O)NCC[C@]5(C)[C@H]4CC[C@]23C)c1.Cc1cncc(C2=CC[C@H]3[C@@H]4CC[C@H]5CNC(=O)CC[C@]5(C)[C@H]4CC[C@]23C)c1. The number of aromatic nitrogens is 4. The number of nitrogens with one attached hydrogen (secondary N) is 4. The average molecular weight is 1500 g/mol. The summed E-state index contributed by atoms with van der Waals surface area (Å²) in [7, 11) is 0. The topological polar surface area (TPSA) is 168 Å². The van der Waals surface area contributed by atoms with Crippen LogP contribution in [0.1, 0.15) is 274 Å². The Morgan fingerprint density at radius 1 is 0.324 bits per heavy atom. The van der Waals surface area contributed by atoms with E-state index in [1.165, 1.54) is 167 Å². The van der Waals surface area contributed by atoms with E-state index in [9.17, 15) is 19.2 Å². The Labute approximate surface area is 665 Å². The lowest BCUT2D eigenvalue weighted by atomic mass is 9.46. The maximum absolute atomic E-state index is 12.2. The molecule has 0 bridgehead atoms. The molecule has 4 amide bonds. The third-order valence-electron chi connectivity index (χ3n) is 36.8. The zero-order valence-corrected chi connectivity index (χ0v) is 69.6. The largest absolute Gasteiger partial charge is 0.356 e. The van der Waals surface area contributed by atoms with Crippen LogP contribution in [0.4, 0.5) is 0 Å². The van der Waals surface area contributed by atoms with E-state index in [-0.39, 0.29) is 23.6 Å². The van der Waals surface area contributed by atoms with Crippen molar-refractivity contribution in [1.82, 2.24) is 41.2 Å². The third-order valence-corrected chi connectivity index (χ3v) is 36.8. The summed E-state index contributed by atoms with van der Waals surface area (Å²) in [5, 5.41) is 12.6. The molecule has 4 aromatic heterocycles. The summed E-state index contributed by atoms with van der Waals surface area (Å²) in [5.41, 5.74) is 17.8. The van der Waals surface area contributed by atoms with Gasteiger partial charge in [-0.2, -0.15) is 0 Å². The number of fused-ring (bicyclic) bond motifs is 20. The molecule has 4 aromatic rings. The van der Waals surface area contributed by atoms with Gasteiger partial charge in [0.15, 0.2) is 0 Å². The highest BCUT2D eigenvalue weighted by atomic mass is 16.2. The fraction of sp³-hybridized carbons (Fsp3) is 0.677. The summed E-state index contributed by atoms with van der Waals surface area (Å²) >= 11 is 0. The minimum Gasteiger partial charge on any atom is -0.356 e. The number of pyridine rings is 4. The van der Waals surface area contributed by atoms with Gasteiger partial charge >= 0.3 is 0 Å². The molecule has 12 fully saturated rings. The highest BCUT2D eigenvalue weighted by Gasteiger charge is 2.63. The maximum atomic E-state index is 12.2. The molecule has 8 heterocycles. The van der Waals surface area contributed by atoms with Crippen LogP contribution >= 0.6 is 0 Å². The van der Waals surface area contributed by atoms with Crippen molar-refractivity contribution in [2.75, 3.05) is 26.2 Å². The van der Waals surface area contributed by atoms with Crippen molar-refractivity contribution in [1.29, 1.82) is 0 Å². The van der Waals surface area contributed by atoms with Gasteiger partial charge in [-0.05, 0) is 398 Å². The number of aryl methyl sites for hydroxylation is 3. The highest BCUT2D eigenvalue weighted by molar-refractivity contribution is 5.79. The van der Waals surface area contributed by atoms with Crippen LogP contribution in [-0.2, 0) is 19.2 Å². The van der Waals surface area contributed by atoms with Gasteiger partial charge in [-0.15, -0.1) is 0 Å². The predicted molar refractivity (Wildman–Crippen MR) is 445 cm³/mol. The van der Waals surface area contributed by atoms with Crippen molar-refractivity contribution >= 4 is 45.9 Å². The third kappa shape index (κ3) is 13.2. The lowest BCUT2D eigenvalue weighted by molar-refractivity contribution is -0.125. The van der Waals surface area contributed by atoms with Crippen LogP contribution in [0.15, 0.2) is 104 Å². The molecule has 0 spiro atoms. The first-order chi connectivity index (χ1) is 53.3. The van der Waals surface area contributed by atoms with E-state index in [1.807, 2.05) is 31.0 Å². The molecule has 0 aromatic carbocycles. The van der Waals surface area contributed by atoms with Crippen LogP contribution in [-0.4, -0.2) is 69.7 Å². The summed E-state index contributed by atoms with van der Waals surface area (Å²) in [6, 6.07) is 11.3. The molecule has 0 unspecified atom stereocenters. The van der Waals surface area contributed by atoms with Gasteiger partial charge in [-0.25, -0.2) is 0 Å². The minimum absolute atomic E-state index is 0.268. The Bertz CT molecular complexity index is 4080. The van der Waals surface area contributed by atoms with Crippen molar-refractivity contribution < 1.29 is 19.2 Å². The van der Waals surface area contributed by atoms with Crippen molar-refractivity contribution in [3.8, 4) is 0 Å². The first-order valence-corrected chi connectivity index (χ1v) is 44.8. The Morgan fingerprint density at radius 3 is 0.964 bits per heavy atom. The first kappa shape index (κ1) is 77.0. The standard InChI is InChI=1S/3C25H34N2O.C24H32N2O/c1-16-12-17(14-26-13-16)20-6-7-21-19-5-4-18-15-27-23(28)9-11-24(18,2)22(19)8-10-25(20,21)3;2*1-16-12-17(15-26-14-16)20-6-7-21-19-5-4-18-13-23(28)27-11-10-24(18,2)22(19)8-9-25(20,21)3;1-23-11-13-26-22(27)14-17(23)5-6-18-20-8-7-19(16-4-3-12-25-15-16)24(20,2)10-9-21(18)23/h6,12-14,18-19,21-22H,4-5,7-11,15H2,1-3H3,(H,27,28);2*6,12,14-15,18-19,21-22H,4-5,7-11,13H2,1-3H3,(H,27,28);3-4,7,12,15,17-18,20-21H,5-6,8-11,13-14H2,1-2H3,(H,26,27)/t3*18-,19-,21-,22-,24-,25+;17-,18-,20-,21-,23-,24+/m0000/s1. The first-order valence-electron chi connectivity index (χ1n) is 44.8. The Hall–Kier alpha value is -6.56.